The van der Waals surface area contributed by atoms with Gasteiger partial charge in [0.2, 0.25) is 0 Å². The molecule has 2 rings (SSSR count). The lowest BCUT2D eigenvalue weighted by atomic mass is 10.2. The van der Waals surface area contributed by atoms with Crippen molar-refractivity contribution in [3.63, 3.8) is 0 Å². The molecule has 3 N–H and O–H groups in total. The van der Waals surface area contributed by atoms with Crippen LogP contribution in [0.4, 0.5) is 16.3 Å². The molecule has 0 aliphatic heterocycles. The van der Waals surface area contributed by atoms with Crippen LogP contribution < -0.4 is 15.8 Å². The van der Waals surface area contributed by atoms with Gasteiger partial charge in [0.05, 0.1) is 5.56 Å². The third-order valence-electron chi connectivity index (χ3n) is 2.42. The quantitative estimate of drug-likeness (QED) is 0.495. The molecule has 21 heavy (non-hydrogen) atoms. The van der Waals surface area contributed by atoms with Crippen molar-refractivity contribution in [1.29, 1.82) is 0 Å². The number of benzene rings is 1. The topological polar surface area (TPSA) is 107 Å². The van der Waals surface area contributed by atoms with Crippen molar-refractivity contribution in [2.75, 3.05) is 11.6 Å². The number of rotatable bonds is 5. The van der Waals surface area contributed by atoms with Crippen molar-refractivity contribution in [2.45, 2.75) is 5.16 Å². The summed E-state index contributed by atoms with van der Waals surface area (Å²) in [5, 5.41) is 3.52. The maximum absolute atomic E-state index is 11.0. The van der Waals surface area contributed by atoms with Crippen LogP contribution in [0.25, 0.3) is 0 Å². The van der Waals surface area contributed by atoms with Crippen molar-refractivity contribution in [3.8, 4) is 5.75 Å². The van der Waals surface area contributed by atoms with Crippen LogP contribution in [0.3, 0.4) is 0 Å². The largest absolute Gasteiger partial charge is 0.410 e. The Kier molecular flexibility index (Phi) is 4.72. The molecule has 0 saturated heterocycles. The Balaban J connectivity index is 2.28. The summed E-state index contributed by atoms with van der Waals surface area (Å²) in [6.45, 7) is 0. The Morgan fingerprint density at radius 1 is 1.48 bits per heavy atom. The van der Waals surface area contributed by atoms with Gasteiger partial charge >= 0.3 is 6.09 Å². The van der Waals surface area contributed by atoms with E-state index in [1.54, 1.807) is 24.3 Å². The second-order valence-corrected chi connectivity index (χ2v) is 4.63. The van der Waals surface area contributed by atoms with E-state index in [1.807, 2.05) is 6.26 Å². The Bertz CT molecular complexity index is 678. The smallest absolute Gasteiger partial charge is 0.409 e. The van der Waals surface area contributed by atoms with Crippen LogP contribution in [-0.4, -0.2) is 28.6 Å². The molecule has 0 spiro atoms. The highest BCUT2D eigenvalue weighted by molar-refractivity contribution is 7.98. The van der Waals surface area contributed by atoms with Gasteiger partial charge in [-0.25, -0.2) is 14.8 Å². The average Bonchev–Trinajstić information content (AvgIpc) is 2.47. The Morgan fingerprint density at radius 2 is 2.29 bits per heavy atom. The van der Waals surface area contributed by atoms with Gasteiger partial charge in [0, 0.05) is 18.0 Å². The number of amides is 1. The average molecular weight is 304 g/mol. The van der Waals surface area contributed by atoms with E-state index in [1.165, 1.54) is 18.0 Å². The van der Waals surface area contributed by atoms with E-state index in [0.29, 0.717) is 34.3 Å². The summed E-state index contributed by atoms with van der Waals surface area (Å²) >= 11 is 1.36. The van der Waals surface area contributed by atoms with Crippen LogP contribution in [0.1, 0.15) is 10.4 Å². The predicted molar refractivity (Wildman–Crippen MR) is 79.1 cm³/mol. The normalized spacial score (nSPS) is 9.95. The second kappa shape index (κ2) is 6.71. The molecular weight excluding hydrogens is 292 g/mol. The summed E-state index contributed by atoms with van der Waals surface area (Å²) in [6, 6.07) is 6.57. The van der Waals surface area contributed by atoms with Gasteiger partial charge in [0.15, 0.2) is 11.4 Å². The van der Waals surface area contributed by atoms with Gasteiger partial charge < -0.3 is 15.8 Å². The van der Waals surface area contributed by atoms with Crippen molar-refractivity contribution in [3.05, 3.63) is 36.0 Å². The number of carbonyl (C=O) groups is 2. The number of ether oxygens (including phenoxy) is 1. The van der Waals surface area contributed by atoms with E-state index in [0.717, 1.165) is 0 Å². The molecule has 1 amide bonds. The number of aldehydes is 1. The number of nitrogens with one attached hydrogen (secondary N) is 1. The molecular formula is C13H12N4O3S. The van der Waals surface area contributed by atoms with Crippen molar-refractivity contribution >= 4 is 35.6 Å². The standard InChI is InChI=1S/C13H12N4O3S/c1-21-13-15-6-8(7-18)11(17-13)16-9-3-2-4-10(5-9)20-12(14)19/h2-7H,1H3,(H2,14,19)(H,15,16,17). The molecule has 8 heteroatoms. The number of thioether (sulfide) groups is 1. The zero-order chi connectivity index (χ0) is 15.2. The molecule has 1 aromatic carbocycles. The summed E-state index contributed by atoms with van der Waals surface area (Å²) in [6.07, 6.45) is 3.04. The number of primary amides is 1. The Morgan fingerprint density at radius 3 is 2.95 bits per heavy atom. The van der Waals surface area contributed by atoms with Gasteiger partial charge in [-0.05, 0) is 18.4 Å². The molecule has 7 nitrogen and oxygen atoms in total. The third-order valence-corrected chi connectivity index (χ3v) is 2.98. The minimum atomic E-state index is -0.896. The Hall–Kier alpha value is -2.61. The lowest BCUT2D eigenvalue weighted by molar-refractivity contribution is 0.112. The van der Waals surface area contributed by atoms with E-state index in [9.17, 15) is 9.59 Å². The minimum Gasteiger partial charge on any atom is -0.410 e. The third kappa shape index (κ3) is 3.93. The maximum Gasteiger partial charge on any atom is 0.409 e. The summed E-state index contributed by atoms with van der Waals surface area (Å²) in [5.74, 6) is 0.667. The molecule has 0 fully saturated rings. The number of hydrogen-bond donors (Lipinski definition) is 2. The van der Waals surface area contributed by atoms with Crippen molar-refractivity contribution < 1.29 is 14.3 Å². The van der Waals surface area contributed by atoms with Crippen LogP contribution in [0.5, 0.6) is 5.75 Å². The van der Waals surface area contributed by atoms with Gasteiger partial charge in [-0.15, -0.1) is 0 Å². The molecule has 0 saturated carbocycles. The van der Waals surface area contributed by atoms with Crippen LogP contribution in [0.15, 0.2) is 35.6 Å². The number of anilines is 2. The summed E-state index contributed by atoms with van der Waals surface area (Å²) in [5.41, 5.74) is 5.89. The van der Waals surface area contributed by atoms with Gasteiger partial charge in [-0.1, -0.05) is 17.8 Å². The highest BCUT2D eigenvalue weighted by Crippen LogP contribution is 2.23. The van der Waals surface area contributed by atoms with E-state index in [2.05, 4.69) is 15.3 Å². The molecule has 108 valence electrons. The molecule has 0 aliphatic rings. The number of hydrogen-bond acceptors (Lipinski definition) is 7. The number of nitrogens with zero attached hydrogens (tertiary/aromatic N) is 2. The molecule has 0 bridgehead atoms. The van der Waals surface area contributed by atoms with E-state index >= 15 is 0 Å². The van der Waals surface area contributed by atoms with E-state index < -0.39 is 6.09 Å². The van der Waals surface area contributed by atoms with Gasteiger partial charge in [-0.2, -0.15) is 0 Å². The predicted octanol–water partition coefficient (Wildman–Crippen LogP) is 2.21. The number of nitrogens with two attached hydrogens (primary N) is 1. The molecule has 0 aliphatic carbocycles. The molecule has 2 aromatic rings. The van der Waals surface area contributed by atoms with Gasteiger partial charge in [0.25, 0.3) is 0 Å². The zero-order valence-corrected chi connectivity index (χ0v) is 11.9. The second-order valence-electron chi connectivity index (χ2n) is 3.85. The molecule has 0 atom stereocenters. The summed E-state index contributed by atoms with van der Waals surface area (Å²) < 4.78 is 4.79. The number of aromatic nitrogens is 2. The first-order chi connectivity index (χ1) is 10.1. The summed E-state index contributed by atoms with van der Waals surface area (Å²) in [7, 11) is 0. The molecule has 0 radical (unpaired) electrons. The van der Waals surface area contributed by atoms with Crippen molar-refractivity contribution in [1.82, 2.24) is 9.97 Å². The highest BCUT2D eigenvalue weighted by Gasteiger charge is 2.08. The van der Waals surface area contributed by atoms with Crippen LogP contribution in [0, 0.1) is 0 Å². The fourth-order valence-corrected chi connectivity index (χ4v) is 1.89. The zero-order valence-electron chi connectivity index (χ0n) is 11.1. The molecule has 1 aromatic heterocycles. The van der Waals surface area contributed by atoms with Gasteiger partial charge in [-0.3, -0.25) is 4.79 Å². The first-order valence-corrected chi connectivity index (χ1v) is 7.05. The monoisotopic (exact) mass is 304 g/mol. The highest BCUT2D eigenvalue weighted by atomic mass is 32.2. The van der Waals surface area contributed by atoms with Crippen LogP contribution in [0.2, 0.25) is 0 Å². The molecule has 0 unspecified atom stereocenters. The van der Waals surface area contributed by atoms with E-state index in [4.69, 9.17) is 10.5 Å². The molecule has 1 heterocycles. The van der Waals surface area contributed by atoms with Gasteiger partial charge in [0.1, 0.15) is 11.6 Å². The first-order valence-electron chi connectivity index (χ1n) is 5.83. The fourth-order valence-electron chi connectivity index (χ4n) is 1.55. The fraction of sp³-hybridized carbons (Fsp3) is 0.0769. The Labute approximate surface area is 124 Å². The van der Waals surface area contributed by atoms with Crippen LogP contribution in [-0.2, 0) is 0 Å². The number of carbonyl (C=O) groups excluding carboxylic acids is 2. The van der Waals surface area contributed by atoms with E-state index in [-0.39, 0.29) is 0 Å². The lowest BCUT2D eigenvalue weighted by Crippen LogP contribution is -2.16. The lowest BCUT2D eigenvalue weighted by Gasteiger charge is -2.09. The summed E-state index contributed by atoms with van der Waals surface area (Å²) in [4.78, 5) is 30.0. The SMILES string of the molecule is CSc1ncc(C=O)c(Nc2cccc(OC(N)=O)c2)n1. The van der Waals surface area contributed by atoms with Crippen LogP contribution >= 0.6 is 11.8 Å². The maximum atomic E-state index is 11.0. The first kappa shape index (κ1) is 14.8. The van der Waals surface area contributed by atoms with Crippen molar-refractivity contribution in [2.24, 2.45) is 5.73 Å². The minimum absolute atomic E-state index is 0.291.